The van der Waals surface area contributed by atoms with Crippen molar-refractivity contribution in [2.75, 3.05) is 0 Å². The first-order valence-corrected chi connectivity index (χ1v) is 19.4. The Bertz CT molecular complexity index is 3290. The maximum atomic E-state index is 2.45. The van der Waals surface area contributed by atoms with Gasteiger partial charge in [0.2, 0.25) is 0 Å². The summed E-state index contributed by atoms with van der Waals surface area (Å²) in [5.41, 5.74) is 12.3. The minimum absolute atomic E-state index is 1.21. The largest absolute Gasteiger partial charge is 0.0622 e. The van der Waals surface area contributed by atoms with Crippen LogP contribution in [-0.2, 0) is 0 Å². The Hall–Kier alpha value is -7.28. The molecule has 11 aromatic carbocycles. The highest BCUT2D eigenvalue weighted by Gasteiger charge is 2.20. The van der Waals surface area contributed by atoms with Crippen LogP contribution in [0, 0.1) is 0 Å². The van der Waals surface area contributed by atoms with Crippen LogP contribution >= 0.6 is 0 Å². The summed E-state index contributed by atoms with van der Waals surface area (Å²) in [6, 6.07) is 80.6. The summed E-state index contributed by atoms with van der Waals surface area (Å²) < 4.78 is 0. The molecule has 0 radical (unpaired) electrons. The Labute approximate surface area is 326 Å². The van der Waals surface area contributed by atoms with Gasteiger partial charge in [0, 0.05) is 0 Å². The van der Waals surface area contributed by atoms with Crippen LogP contribution in [0.25, 0.3) is 109 Å². The lowest BCUT2D eigenvalue weighted by atomic mass is 9.82. The first-order valence-electron chi connectivity index (χ1n) is 19.4. The molecule has 0 aliphatic heterocycles. The summed E-state index contributed by atoms with van der Waals surface area (Å²) in [6.07, 6.45) is 0. The number of hydrogen-bond acceptors (Lipinski definition) is 0. The fourth-order valence-corrected chi connectivity index (χ4v) is 8.97. The van der Waals surface area contributed by atoms with Crippen LogP contribution in [0.4, 0.5) is 0 Å². The fraction of sp³-hybridized carbons (Fsp3) is 0. The van der Waals surface area contributed by atoms with E-state index in [0.717, 1.165) is 0 Å². The Kier molecular flexibility index (Phi) is 7.60. The molecule has 260 valence electrons. The van der Waals surface area contributed by atoms with E-state index in [2.05, 4.69) is 218 Å². The van der Waals surface area contributed by atoms with Crippen LogP contribution in [0.2, 0.25) is 0 Å². The maximum Gasteiger partial charge on any atom is -0.00259 e. The van der Waals surface area contributed by atoms with Gasteiger partial charge in [0.25, 0.3) is 0 Å². The van der Waals surface area contributed by atoms with E-state index in [4.69, 9.17) is 0 Å². The number of rotatable bonds is 5. The summed E-state index contributed by atoms with van der Waals surface area (Å²) in [7, 11) is 0. The van der Waals surface area contributed by atoms with Gasteiger partial charge in [0.1, 0.15) is 0 Å². The third-order valence-corrected chi connectivity index (χ3v) is 11.6. The highest BCUT2D eigenvalue weighted by Crippen LogP contribution is 2.47. The van der Waals surface area contributed by atoms with E-state index in [1.807, 2.05) is 0 Å². The lowest BCUT2D eigenvalue weighted by Gasteiger charge is -2.21. The number of fused-ring (bicyclic) bond motifs is 5. The van der Waals surface area contributed by atoms with Crippen molar-refractivity contribution >= 4 is 53.9 Å². The van der Waals surface area contributed by atoms with Crippen molar-refractivity contribution in [3.8, 4) is 55.6 Å². The zero-order valence-corrected chi connectivity index (χ0v) is 30.8. The fourth-order valence-electron chi connectivity index (χ4n) is 8.97. The second-order valence-electron chi connectivity index (χ2n) is 14.8. The Balaban J connectivity index is 1.28. The van der Waals surface area contributed by atoms with E-state index in [-0.39, 0.29) is 0 Å². The average Bonchev–Trinajstić information content (AvgIpc) is 3.27. The van der Waals surface area contributed by atoms with Gasteiger partial charge in [-0.1, -0.05) is 194 Å². The van der Waals surface area contributed by atoms with Gasteiger partial charge in [-0.15, -0.1) is 0 Å². The molecule has 0 nitrogen and oxygen atoms in total. The summed E-state index contributed by atoms with van der Waals surface area (Å²) >= 11 is 0. The molecule has 0 saturated carbocycles. The second-order valence-corrected chi connectivity index (χ2v) is 14.8. The molecule has 0 unspecified atom stereocenters. The van der Waals surface area contributed by atoms with Crippen molar-refractivity contribution in [1.29, 1.82) is 0 Å². The van der Waals surface area contributed by atoms with E-state index >= 15 is 0 Å². The molecule has 0 fully saturated rings. The normalized spacial score (nSPS) is 11.6. The van der Waals surface area contributed by atoms with Gasteiger partial charge in [0.15, 0.2) is 0 Å². The lowest BCUT2D eigenvalue weighted by molar-refractivity contribution is 1.61. The van der Waals surface area contributed by atoms with Crippen LogP contribution in [0.3, 0.4) is 0 Å². The third kappa shape index (κ3) is 5.38. The molecular weight excluding hydrogens is 673 g/mol. The van der Waals surface area contributed by atoms with E-state index in [9.17, 15) is 0 Å². The van der Waals surface area contributed by atoms with E-state index in [1.54, 1.807) is 0 Å². The van der Waals surface area contributed by atoms with Crippen LogP contribution < -0.4 is 0 Å². The zero-order chi connectivity index (χ0) is 37.0. The third-order valence-electron chi connectivity index (χ3n) is 11.6. The molecule has 0 spiro atoms. The molecule has 11 rings (SSSR count). The number of benzene rings is 11. The molecule has 0 bridgehead atoms. The summed E-state index contributed by atoms with van der Waals surface area (Å²) in [4.78, 5) is 0. The van der Waals surface area contributed by atoms with Gasteiger partial charge in [0.05, 0.1) is 0 Å². The van der Waals surface area contributed by atoms with Gasteiger partial charge >= 0.3 is 0 Å². The SMILES string of the molecule is c1ccc(-c2cccc(-c3c4ccc(-c5cccc6ccccc56)cc4c(-c4ccc5ccccc5c4)c4ccc(-c5cccc6ccccc56)cc34)c2)cc1. The lowest BCUT2D eigenvalue weighted by Crippen LogP contribution is -1.93. The van der Waals surface area contributed by atoms with E-state index in [1.165, 1.54) is 109 Å². The van der Waals surface area contributed by atoms with Crippen molar-refractivity contribution < 1.29 is 0 Å². The minimum atomic E-state index is 1.21. The molecule has 0 saturated heterocycles. The van der Waals surface area contributed by atoms with Crippen LogP contribution in [-0.4, -0.2) is 0 Å². The topological polar surface area (TPSA) is 0 Å². The average molecular weight is 709 g/mol. The zero-order valence-electron chi connectivity index (χ0n) is 30.8. The first-order chi connectivity index (χ1) is 27.8. The maximum absolute atomic E-state index is 2.45. The molecule has 0 atom stereocenters. The van der Waals surface area contributed by atoms with E-state index in [0.29, 0.717) is 0 Å². The summed E-state index contributed by atoms with van der Waals surface area (Å²) in [6.45, 7) is 0. The molecule has 0 N–H and O–H groups in total. The van der Waals surface area contributed by atoms with Gasteiger partial charge < -0.3 is 0 Å². The van der Waals surface area contributed by atoms with Crippen molar-refractivity contribution in [2.45, 2.75) is 0 Å². The van der Waals surface area contributed by atoms with Crippen LogP contribution in [0.1, 0.15) is 0 Å². The molecule has 0 aliphatic carbocycles. The molecule has 0 heterocycles. The van der Waals surface area contributed by atoms with Crippen LogP contribution in [0.15, 0.2) is 218 Å². The highest BCUT2D eigenvalue weighted by molar-refractivity contribution is 6.23. The van der Waals surface area contributed by atoms with Crippen LogP contribution in [0.5, 0.6) is 0 Å². The monoisotopic (exact) mass is 708 g/mol. The molecule has 56 heavy (non-hydrogen) atoms. The smallest absolute Gasteiger partial charge is 0.00259 e. The van der Waals surface area contributed by atoms with Gasteiger partial charge in [-0.05, 0) is 134 Å². The van der Waals surface area contributed by atoms with Gasteiger partial charge in [-0.25, -0.2) is 0 Å². The molecule has 0 heteroatoms. The second kappa shape index (κ2) is 13.2. The molecule has 0 aliphatic rings. The van der Waals surface area contributed by atoms with Crippen molar-refractivity contribution in [1.82, 2.24) is 0 Å². The Morgan fingerprint density at radius 2 is 0.625 bits per heavy atom. The summed E-state index contributed by atoms with van der Waals surface area (Å²) in [5.74, 6) is 0. The molecule has 11 aromatic rings. The number of hydrogen-bond donors (Lipinski definition) is 0. The predicted octanol–water partition coefficient (Wildman–Crippen LogP) is 15.8. The molecular formula is C56H36. The Morgan fingerprint density at radius 3 is 1.25 bits per heavy atom. The first kappa shape index (κ1) is 32.2. The van der Waals surface area contributed by atoms with Crippen molar-refractivity contribution in [3.05, 3.63) is 218 Å². The standard InChI is InChI=1S/C56H36/c1-2-13-37(14-3-1)42-21-10-22-45(33-42)55-51-31-29-44(50-26-12-20-40-17-7-9-24-48(40)50)36-54(51)56(46-28-27-38-15-4-5-18-41(38)34-46)52-32-30-43(35-53(52)55)49-25-11-19-39-16-6-8-23-47(39)49/h1-36H. The van der Waals surface area contributed by atoms with E-state index < -0.39 is 0 Å². The summed E-state index contributed by atoms with van der Waals surface area (Å²) in [5, 5.41) is 12.5. The van der Waals surface area contributed by atoms with Gasteiger partial charge in [-0.3, -0.25) is 0 Å². The molecule has 0 aromatic heterocycles. The van der Waals surface area contributed by atoms with Crippen molar-refractivity contribution in [3.63, 3.8) is 0 Å². The minimum Gasteiger partial charge on any atom is -0.0622 e. The quantitative estimate of drug-likeness (QED) is 0.156. The van der Waals surface area contributed by atoms with Crippen molar-refractivity contribution in [2.24, 2.45) is 0 Å². The van der Waals surface area contributed by atoms with Gasteiger partial charge in [-0.2, -0.15) is 0 Å². The highest BCUT2D eigenvalue weighted by atomic mass is 14.2. The molecule has 0 amide bonds. The Morgan fingerprint density at radius 1 is 0.179 bits per heavy atom. The predicted molar refractivity (Wildman–Crippen MR) is 241 cm³/mol.